The topological polar surface area (TPSA) is 96.4 Å². The first-order chi connectivity index (χ1) is 12.7. The minimum absolute atomic E-state index is 0.0539. The zero-order valence-electron chi connectivity index (χ0n) is 15.9. The number of carboxylic acid groups (broad SMARTS) is 1. The van der Waals surface area contributed by atoms with Crippen molar-refractivity contribution in [1.29, 1.82) is 0 Å². The van der Waals surface area contributed by atoms with Crippen molar-refractivity contribution in [1.82, 2.24) is 9.80 Å². The van der Waals surface area contributed by atoms with Gasteiger partial charge in [0.15, 0.2) is 0 Å². The molecule has 0 aliphatic carbocycles. The van der Waals surface area contributed by atoms with E-state index in [2.05, 4.69) is 0 Å². The molecule has 1 saturated heterocycles. The van der Waals surface area contributed by atoms with E-state index in [-0.39, 0.29) is 32.7 Å². The monoisotopic (exact) mass is 378 g/mol. The Hall–Kier alpha value is -2.77. The van der Waals surface area contributed by atoms with Gasteiger partial charge in [-0.3, -0.25) is 4.90 Å². The first-order valence-corrected chi connectivity index (χ1v) is 8.85. The number of aliphatic carboxylic acids is 1. The molecule has 2 amide bonds. The molecule has 1 atom stereocenters. The van der Waals surface area contributed by atoms with Crippen molar-refractivity contribution in [2.75, 3.05) is 19.6 Å². The van der Waals surface area contributed by atoms with Gasteiger partial charge in [-0.05, 0) is 32.8 Å². The Bertz CT molecular complexity index is 671. The molecule has 0 spiro atoms. The van der Waals surface area contributed by atoms with E-state index in [9.17, 15) is 19.5 Å². The molecule has 0 saturated carbocycles. The zero-order valence-corrected chi connectivity index (χ0v) is 15.9. The summed E-state index contributed by atoms with van der Waals surface area (Å²) in [5.74, 6) is -1.13. The van der Waals surface area contributed by atoms with Crippen molar-refractivity contribution in [3.05, 3.63) is 35.9 Å². The predicted molar refractivity (Wildman–Crippen MR) is 97.2 cm³/mol. The van der Waals surface area contributed by atoms with Crippen LogP contribution in [0.4, 0.5) is 9.59 Å². The van der Waals surface area contributed by atoms with Crippen molar-refractivity contribution in [3.63, 3.8) is 0 Å². The molecule has 2 rings (SSSR count). The molecule has 1 aromatic carbocycles. The Balaban J connectivity index is 2.02. The molecule has 1 fully saturated rings. The molecular formula is C19H26N2O6. The van der Waals surface area contributed by atoms with Crippen LogP contribution in [0.5, 0.6) is 0 Å². The summed E-state index contributed by atoms with van der Waals surface area (Å²) in [7, 11) is 0. The van der Waals surface area contributed by atoms with Gasteiger partial charge in [-0.15, -0.1) is 0 Å². The van der Waals surface area contributed by atoms with Gasteiger partial charge in [-0.2, -0.15) is 0 Å². The van der Waals surface area contributed by atoms with Crippen LogP contribution in [0.3, 0.4) is 0 Å². The van der Waals surface area contributed by atoms with E-state index in [1.807, 2.05) is 30.3 Å². The van der Waals surface area contributed by atoms with Crippen LogP contribution >= 0.6 is 0 Å². The molecule has 1 aliphatic rings. The average Bonchev–Trinajstić information content (AvgIpc) is 2.82. The van der Waals surface area contributed by atoms with Crippen molar-refractivity contribution >= 4 is 18.2 Å². The second-order valence-corrected chi connectivity index (χ2v) is 7.34. The number of hydrogen-bond acceptors (Lipinski definition) is 5. The van der Waals surface area contributed by atoms with Gasteiger partial charge in [-0.25, -0.2) is 14.4 Å². The van der Waals surface area contributed by atoms with Gasteiger partial charge in [0.05, 0.1) is 0 Å². The quantitative estimate of drug-likeness (QED) is 0.869. The molecule has 1 unspecified atom stereocenters. The fraction of sp³-hybridized carbons (Fsp3) is 0.526. The summed E-state index contributed by atoms with van der Waals surface area (Å²) in [6, 6.07) is 8.08. The maximum atomic E-state index is 12.5. The number of carbonyl (C=O) groups is 3. The molecular weight excluding hydrogens is 352 g/mol. The van der Waals surface area contributed by atoms with Gasteiger partial charge < -0.3 is 19.5 Å². The molecule has 8 heteroatoms. The molecule has 27 heavy (non-hydrogen) atoms. The predicted octanol–water partition coefficient (Wildman–Crippen LogP) is 2.72. The largest absolute Gasteiger partial charge is 0.480 e. The minimum atomic E-state index is -1.13. The summed E-state index contributed by atoms with van der Waals surface area (Å²) in [5.41, 5.74) is 0.159. The van der Waals surface area contributed by atoms with Crippen molar-refractivity contribution in [3.8, 4) is 0 Å². The molecule has 0 bridgehead atoms. The Morgan fingerprint density at radius 3 is 2.33 bits per heavy atom. The number of carboxylic acids is 1. The van der Waals surface area contributed by atoms with E-state index in [1.54, 1.807) is 20.8 Å². The highest BCUT2D eigenvalue weighted by Gasteiger charge is 2.35. The summed E-state index contributed by atoms with van der Waals surface area (Å²) >= 11 is 0. The SMILES string of the molecule is CC(C)(C)OC(=O)N1CCC(C(=O)O)N(C(=O)OCc2ccccc2)CC1. The highest BCUT2D eigenvalue weighted by atomic mass is 16.6. The van der Waals surface area contributed by atoms with E-state index in [0.29, 0.717) is 0 Å². The van der Waals surface area contributed by atoms with Crippen LogP contribution in [0.1, 0.15) is 32.8 Å². The summed E-state index contributed by atoms with van der Waals surface area (Å²) in [5, 5.41) is 9.49. The fourth-order valence-electron chi connectivity index (χ4n) is 2.72. The fourth-order valence-corrected chi connectivity index (χ4v) is 2.72. The average molecular weight is 378 g/mol. The lowest BCUT2D eigenvalue weighted by Gasteiger charge is -2.26. The molecule has 148 valence electrons. The van der Waals surface area contributed by atoms with E-state index >= 15 is 0 Å². The van der Waals surface area contributed by atoms with Gasteiger partial charge >= 0.3 is 18.2 Å². The van der Waals surface area contributed by atoms with Crippen LogP contribution in [-0.2, 0) is 20.9 Å². The lowest BCUT2D eigenvalue weighted by molar-refractivity contribution is -0.142. The van der Waals surface area contributed by atoms with Crippen LogP contribution in [-0.4, -0.2) is 64.3 Å². The Kier molecular flexibility index (Phi) is 6.65. The first-order valence-electron chi connectivity index (χ1n) is 8.85. The van der Waals surface area contributed by atoms with Gasteiger partial charge in [0.1, 0.15) is 18.2 Å². The second-order valence-electron chi connectivity index (χ2n) is 7.34. The van der Waals surface area contributed by atoms with Crippen LogP contribution < -0.4 is 0 Å². The lowest BCUT2D eigenvalue weighted by atomic mass is 10.2. The van der Waals surface area contributed by atoms with Gasteiger partial charge in [0, 0.05) is 19.6 Å². The maximum absolute atomic E-state index is 12.5. The zero-order chi connectivity index (χ0) is 20.0. The third kappa shape index (κ3) is 6.16. The third-order valence-corrected chi connectivity index (χ3v) is 4.04. The van der Waals surface area contributed by atoms with Gasteiger partial charge in [0.2, 0.25) is 0 Å². The van der Waals surface area contributed by atoms with Crippen molar-refractivity contribution in [2.24, 2.45) is 0 Å². The number of nitrogens with zero attached hydrogens (tertiary/aromatic N) is 2. The first kappa shape index (κ1) is 20.5. The lowest BCUT2D eigenvalue weighted by Crippen LogP contribution is -2.46. The summed E-state index contributed by atoms with van der Waals surface area (Å²) < 4.78 is 10.6. The minimum Gasteiger partial charge on any atom is -0.480 e. The number of rotatable bonds is 3. The third-order valence-electron chi connectivity index (χ3n) is 4.04. The summed E-state index contributed by atoms with van der Waals surface area (Å²) in [6.07, 6.45) is -1.13. The highest BCUT2D eigenvalue weighted by Crippen LogP contribution is 2.17. The van der Waals surface area contributed by atoms with E-state index < -0.39 is 29.8 Å². The van der Waals surface area contributed by atoms with E-state index in [0.717, 1.165) is 10.5 Å². The molecule has 1 N–H and O–H groups in total. The van der Waals surface area contributed by atoms with Crippen LogP contribution in [0.25, 0.3) is 0 Å². The maximum Gasteiger partial charge on any atom is 0.410 e. The van der Waals surface area contributed by atoms with Crippen LogP contribution in [0.15, 0.2) is 30.3 Å². The molecule has 0 aromatic heterocycles. The Morgan fingerprint density at radius 1 is 1.07 bits per heavy atom. The van der Waals surface area contributed by atoms with Crippen LogP contribution in [0, 0.1) is 0 Å². The molecule has 1 aliphatic heterocycles. The summed E-state index contributed by atoms with van der Waals surface area (Å²) in [4.78, 5) is 38.9. The smallest absolute Gasteiger partial charge is 0.410 e. The molecule has 1 aromatic rings. The van der Waals surface area contributed by atoms with Crippen LogP contribution in [0.2, 0.25) is 0 Å². The van der Waals surface area contributed by atoms with Crippen molar-refractivity contribution in [2.45, 2.75) is 45.4 Å². The number of benzene rings is 1. The highest BCUT2D eigenvalue weighted by molar-refractivity contribution is 5.80. The number of amides is 2. The number of carbonyl (C=O) groups excluding carboxylic acids is 2. The number of ether oxygens (including phenoxy) is 2. The van der Waals surface area contributed by atoms with Gasteiger partial charge in [-0.1, -0.05) is 30.3 Å². The van der Waals surface area contributed by atoms with Crippen molar-refractivity contribution < 1.29 is 29.0 Å². The Labute approximate surface area is 158 Å². The molecule has 1 heterocycles. The second kappa shape index (κ2) is 8.75. The van der Waals surface area contributed by atoms with Gasteiger partial charge in [0.25, 0.3) is 0 Å². The van der Waals surface area contributed by atoms with E-state index in [4.69, 9.17) is 9.47 Å². The van der Waals surface area contributed by atoms with E-state index in [1.165, 1.54) is 4.90 Å². The Morgan fingerprint density at radius 2 is 1.74 bits per heavy atom. The molecule has 8 nitrogen and oxygen atoms in total. The molecule has 0 radical (unpaired) electrons. The summed E-state index contributed by atoms with van der Waals surface area (Å²) in [6.45, 7) is 5.76. The number of hydrogen-bond donors (Lipinski definition) is 1. The standard InChI is InChI=1S/C19H26N2O6/c1-19(2,3)27-17(24)20-10-9-15(16(22)23)21(12-11-20)18(25)26-13-14-7-5-4-6-8-14/h4-8,15H,9-13H2,1-3H3,(H,22,23). The normalized spacial score (nSPS) is 17.8.